The number of methoxy groups -OCH3 is 2. The minimum Gasteiger partial charge on any atom is -0.493 e. The molecule has 0 unspecified atom stereocenters. The second-order valence-electron chi connectivity index (χ2n) is 5.71. The van der Waals surface area contributed by atoms with E-state index in [1.54, 1.807) is 24.3 Å². The Morgan fingerprint density at radius 3 is 2.47 bits per heavy atom. The van der Waals surface area contributed by atoms with Crippen LogP contribution in [0.4, 0.5) is 0 Å². The molecular weight excluding hydrogens is 416 g/mol. The number of carboxylic acids is 1. The molecule has 160 valence electrons. The van der Waals surface area contributed by atoms with Gasteiger partial charge in [-0.05, 0) is 42.8 Å². The second kappa shape index (κ2) is 10.9. The largest absolute Gasteiger partial charge is 0.493 e. The summed E-state index contributed by atoms with van der Waals surface area (Å²) in [6.45, 7) is 1.75. The summed E-state index contributed by atoms with van der Waals surface area (Å²) in [6.07, 6.45) is 1.36. The highest BCUT2D eigenvalue weighted by Crippen LogP contribution is 2.36. The first-order valence-electron chi connectivity index (χ1n) is 8.76. The number of nitrogens with zero attached hydrogens (tertiary/aromatic N) is 1. The number of aliphatic carboxylic acids is 1. The fourth-order valence-corrected chi connectivity index (χ4v) is 2.68. The van der Waals surface area contributed by atoms with Crippen molar-refractivity contribution in [1.82, 2.24) is 5.43 Å². The lowest BCUT2D eigenvalue weighted by Crippen LogP contribution is -2.17. The highest BCUT2D eigenvalue weighted by molar-refractivity contribution is 6.32. The van der Waals surface area contributed by atoms with Gasteiger partial charge in [0.1, 0.15) is 0 Å². The molecule has 0 aliphatic carbocycles. The van der Waals surface area contributed by atoms with E-state index >= 15 is 0 Å². The number of carbonyl (C=O) groups is 2. The molecule has 30 heavy (non-hydrogen) atoms. The van der Waals surface area contributed by atoms with Gasteiger partial charge in [0.15, 0.2) is 29.6 Å². The lowest BCUT2D eigenvalue weighted by molar-refractivity contribution is -0.139. The van der Waals surface area contributed by atoms with Crippen molar-refractivity contribution in [3.05, 3.63) is 46.5 Å². The van der Waals surface area contributed by atoms with Gasteiger partial charge in [-0.1, -0.05) is 11.6 Å². The van der Waals surface area contributed by atoms with Crippen LogP contribution in [0.5, 0.6) is 23.0 Å². The number of hydrogen-bond donors (Lipinski definition) is 2. The van der Waals surface area contributed by atoms with Crippen molar-refractivity contribution in [2.45, 2.75) is 6.92 Å². The van der Waals surface area contributed by atoms with E-state index in [0.717, 1.165) is 0 Å². The second-order valence-corrected chi connectivity index (χ2v) is 6.12. The maximum atomic E-state index is 12.3. The molecule has 0 heterocycles. The summed E-state index contributed by atoms with van der Waals surface area (Å²) in [4.78, 5) is 23.0. The van der Waals surface area contributed by atoms with Crippen molar-refractivity contribution in [3.8, 4) is 23.0 Å². The number of rotatable bonds is 10. The molecule has 1 amide bonds. The van der Waals surface area contributed by atoms with Crippen LogP contribution in [0.25, 0.3) is 0 Å². The standard InChI is InChI=1S/C20H21ClN2O7/c1-4-29-15-6-5-13(9-16(15)27-2)20(26)23-22-10-12-7-14(21)19(17(8-12)28-3)30-11-18(24)25/h5-10H,4,11H2,1-3H3,(H,23,26)(H,24,25)/b22-10+. The van der Waals surface area contributed by atoms with Crippen molar-refractivity contribution in [3.63, 3.8) is 0 Å². The van der Waals surface area contributed by atoms with Gasteiger partial charge < -0.3 is 24.1 Å². The first-order valence-corrected chi connectivity index (χ1v) is 9.13. The monoisotopic (exact) mass is 436 g/mol. The molecule has 2 aromatic carbocycles. The number of carbonyl (C=O) groups excluding carboxylic acids is 1. The lowest BCUT2D eigenvalue weighted by atomic mass is 10.2. The number of ether oxygens (including phenoxy) is 4. The van der Waals surface area contributed by atoms with E-state index in [9.17, 15) is 9.59 Å². The van der Waals surface area contributed by atoms with Gasteiger partial charge in [-0.25, -0.2) is 10.2 Å². The van der Waals surface area contributed by atoms with E-state index in [2.05, 4.69) is 10.5 Å². The van der Waals surface area contributed by atoms with Crippen LogP contribution in [0, 0.1) is 0 Å². The van der Waals surface area contributed by atoms with Crippen molar-refractivity contribution in [2.75, 3.05) is 27.4 Å². The highest BCUT2D eigenvalue weighted by atomic mass is 35.5. The minimum absolute atomic E-state index is 0.101. The molecule has 0 radical (unpaired) electrons. The number of hydrazone groups is 1. The molecule has 2 N–H and O–H groups in total. The van der Waals surface area contributed by atoms with Crippen LogP contribution in [0.1, 0.15) is 22.8 Å². The Balaban J connectivity index is 2.11. The molecule has 2 aromatic rings. The number of benzene rings is 2. The Morgan fingerprint density at radius 2 is 1.83 bits per heavy atom. The van der Waals surface area contributed by atoms with E-state index in [1.165, 1.54) is 26.5 Å². The van der Waals surface area contributed by atoms with Crippen LogP contribution in [0.3, 0.4) is 0 Å². The first kappa shape index (κ1) is 22.8. The van der Waals surface area contributed by atoms with Gasteiger partial charge in [-0.2, -0.15) is 5.10 Å². The first-order chi connectivity index (χ1) is 14.4. The van der Waals surface area contributed by atoms with Crippen LogP contribution in [0.2, 0.25) is 5.02 Å². The van der Waals surface area contributed by atoms with Gasteiger partial charge in [-0.3, -0.25) is 4.79 Å². The topological polar surface area (TPSA) is 116 Å². The van der Waals surface area contributed by atoms with Gasteiger partial charge >= 0.3 is 5.97 Å². The van der Waals surface area contributed by atoms with E-state index < -0.39 is 18.5 Å². The normalized spacial score (nSPS) is 10.5. The zero-order valence-corrected chi connectivity index (χ0v) is 17.4. The molecular formula is C20H21ClN2O7. The predicted molar refractivity (Wildman–Crippen MR) is 110 cm³/mol. The smallest absolute Gasteiger partial charge is 0.341 e. The Labute approximate surface area is 178 Å². The summed E-state index contributed by atoms with van der Waals surface area (Å²) in [5.74, 6) is -0.301. The summed E-state index contributed by atoms with van der Waals surface area (Å²) in [7, 11) is 2.87. The molecule has 0 aliphatic heterocycles. The zero-order valence-electron chi connectivity index (χ0n) is 16.6. The van der Waals surface area contributed by atoms with Crippen molar-refractivity contribution in [2.24, 2.45) is 5.10 Å². The van der Waals surface area contributed by atoms with E-state index in [4.69, 9.17) is 35.7 Å². The summed E-state index contributed by atoms with van der Waals surface area (Å²) in [5, 5.41) is 12.8. The average Bonchev–Trinajstić information content (AvgIpc) is 2.72. The number of halogens is 1. The quantitative estimate of drug-likeness (QED) is 0.434. The highest BCUT2D eigenvalue weighted by Gasteiger charge is 2.14. The van der Waals surface area contributed by atoms with Crippen LogP contribution in [-0.4, -0.2) is 50.6 Å². The van der Waals surface area contributed by atoms with Crippen LogP contribution < -0.4 is 24.4 Å². The molecule has 0 aromatic heterocycles. The summed E-state index contributed by atoms with van der Waals surface area (Å²) in [6, 6.07) is 7.81. The summed E-state index contributed by atoms with van der Waals surface area (Å²) in [5.41, 5.74) is 3.24. The van der Waals surface area contributed by atoms with E-state index in [0.29, 0.717) is 29.2 Å². The average molecular weight is 437 g/mol. The minimum atomic E-state index is -1.15. The van der Waals surface area contributed by atoms with Gasteiger partial charge in [0.2, 0.25) is 0 Å². The fraction of sp³-hybridized carbons (Fsp3) is 0.250. The molecule has 9 nitrogen and oxygen atoms in total. The summed E-state index contributed by atoms with van der Waals surface area (Å²) < 4.78 is 21.0. The van der Waals surface area contributed by atoms with Crippen LogP contribution in [-0.2, 0) is 4.79 Å². The molecule has 10 heteroatoms. The number of hydrogen-bond acceptors (Lipinski definition) is 7. The summed E-state index contributed by atoms with van der Waals surface area (Å²) >= 11 is 6.14. The van der Waals surface area contributed by atoms with Crippen LogP contribution >= 0.6 is 11.6 Å². The molecule has 0 spiro atoms. The Morgan fingerprint density at radius 1 is 1.10 bits per heavy atom. The van der Waals surface area contributed by atoms with Crippen molar-refractivity contribution < 1.29 is 33.6 Å². The SMILES string of the molecule is CCOc1ccc(C(=O)N/N=C/c2cc(Cl)c(OCC(=O)O)c(OC)c2)cc1OC. The lowest BCUT2D eigenvalue weighted by Gasteiger charge is -2.12. The van der Waals surface area contributed by atoms with E-state index in [-0.39, 0.29) is 16.5 Å². The fourth-order valence-electron chi connectivity index (χ4n) is 2.40. The molecule has 0 bridgehead atoms. The van der Waals surface area contributed by atoms with Crippen molar-refractivity contribution >= 4 is 29.7 Å². The Kier molecular flexibility index (Phi) is 8.30. The third-order valence-electron chi connectivity index (χ3n) is 3.70. The van der Waals surface area contributed by atoms with Gasteiger partial charge in [0.05, 0.1) is 32.1 Å². The maximum Gasteiger partial charge on any atom is 0.341 e. The molecule has 2 rings (SSSR count). The Bertz CT molecular complexity index is 947. The van der Waals surface area contributed by atoms with E-state index in [1.807, 2.05) is 6.92 Å². The molecule has 0 aliphatic rings. The van der Waals surface area contributed by atoms with Crippen LogP contribution in [0.15, 0.2) is 35.4 Å². The molecule has 0 saturated heterocycles. The van der Waals surface area contributed by atoms with Gasteiger partial charge in [-0.15, -0.1) is 0 Å². The van der Waals surface area contributed by atoms with Gasteiger partial charge in [0, 0.05) is 5.56 Å². The zero-order chi connectivity index (χ0) is 22.1. The molecule has 0 fully saturated rings. The van der Waals surface area contributed by atoms with Crippen molar-refractivity contribution in [1.29, 1.82) is 0 Å². The number of amides is 1. The predicted octanol–water partition coefficient (Wildman–Crippen LogP) is 2.98. The molecule has 0 atom stereocenters. The Hall–Kier alpha value is -3.46. The third kappa shape index (κ3) is 6.02. The third-order valence-corrected chi connectivity index (χ3v) is 3.98. The maximum absolute atomic E-state index is 12.3. The number of nitrogens with one attached hydrogen (secondary N) is 1. The molecule has 0 saturated carbocycles. The number of carboxylic acid groups (broad SMARTS) is 1. The van der Waals surface area contributed by atoms with Gasteiger partial charge in [0.25, 0.3) is 5.91 Å².